The third-order valence-corrected chi connectivity index (χ3v) is 4.33. The molecule has 0 atom stereocenters. The first-order valence-corrected chi connectivity index (χ1v) is 6.91. The molecule has 0 aliphatic heterocycles. The van der Waals surface area contributed by atoms with Crippen LogP contribution in [0.1, 0.15) is 24.8 Å². The van der Waals surface area contributed by atoms with Crippen LogP contribution in [0.3, 0.4) is 0 Å². The molecule has 1 aromatic carbocycles. The van der Waals surface area contributed by atoms with E-state index >= 15 is 0 Å². The molecule has 0 amide bonds. The summed E-state index contributed by atoms with van der Waals surface area (Å²) in [5.74, 6) is -3.70. The molecule has 0 spiro atoms. The Morgan fingerprint density at radius 2 is 2.00 bits per heavy atom. The first-order chi connectivity index (χ1) is 9.58. The quantitative estimate of drug-likeness (QED) is 0.849. The molecule has 1 saturated carbocycles. The molecule has 1 heterocycles. The lowest BCUT2D eigenvalue weighted by molar-refractivity contribution is 0.161. The third-order valence-electron chi connectivity index (χ3n) is 4.33. The van der Waals surface area contributed by atoms with E-state index in [1.165, 1.54) is 19.3 Å². The number of fused-ring (bicyclic) bond motifs is 1. The zero-order valence-corrected chi connectivity index (χ0v) is 11.3. The molecular formula is C15H17F3N2. The van der Waals surface area contributed by atoms with E-state index in [4.69, 9.17) is 0 Å². The normalized spacial score (nSPS) is 16.1. The van der Waals surface area contributed by atoms with E-state index in [9.17, 15) is 13.2 Å². The Balaban J connectivity index is 1.81. The zero-order chi connectivity index (χ0) is 14.3. The summed E-state index contributed by atoms with van der Waals surface area (Å²) < 4.78 is 40.1. The van der Waals surface area contributed by atoms with Crippen LogP contribution in [0.5, 0.6) is 0 Å². The lowest BCUT2D eigenvalue weighted by Crippen LogP contribution is -2.38. The maximum absolute atomic E-state index is 13.6. The van der Waals surface area contributed by atoms with Crippen molar-refractivity contribution in [2.24, 2.45) is 0 Å². The molecule has 2 nitrogen and oxygen atoms in total. The highest BCUT2D eigenvalue weighted by Gasteiger charge is 2.22. The monoisotopic (exact) mass is 282 g/mol. The number of likely N-dealkylation sites (N-methyl/N-ethyl adjacent to an activating group) is 1. The largest absolute Gasteiger partial charge is 0.358 e. The summed E-state index contributed by atoms with van der Waals surface area (Å²) in [4.78, 5) is 4.98. The number of H-pyrrole nitrogens is 1. The fourth-order valence-corrected chi connectivity index (χ4v) is 2.74. The van der Waals surface area contributed by atoms with E-state index in [-0.39, 0.29) is 5.52 Å². The van der Waals surface area contributed by atoms with E-state index in [2.05, 4.69) is 16.9 Å². The van der Waals surface area contributed by atoms with Crippen molar-refractivity contribution in [3.63, 3.8) is 0 Å². The third kappa shape index (κ3) is 2.20. The lowest BCUT2D eigenvalue weighted by Gasteiger charge is -2.34. The van der Waals surface area contributed by atoms with Crippen LogP contribution in [0, 0.1) is 17.5 Å². The van der Waals surface area contributed by atoms with Gasteiger partial charge in [0.05, 0.1) is 5.52 Å². The molecule has 0 unspecified atom stereocenters. The molecule has 1 aromatic heterocycles. The van der Waals surface area contributed by atoms with Crippen molar-refractivity contribution in [2.75, 3.05) is 13.6 Å². The number of nitrogens with zero attached hydrogens (tertiary/aromatic N) is 1. The number of hydrogen-bond acceptors (Lipinski definition) is 1. The van der Waals surface area contributed by atoms with Gasteiger partial charge in [-0.3, -0.25) is 0 Å². The van der Waals surface area contributed by atoms with Crippen molar-refractivity contribution >= 4 is 10.9 Å². The molecule has 3 rings (SSSR count). The molecule has 1 aliphatic carbocycles. The Bertz CT molecular complexity index is 632. The summed E-state index contributed by atoms with van der Waals surface area (Å²) in [5.41, 5.74) is 0.870. The average molecular weight is 282 g/mol. The Labute approximate surface area is 115 Å². The van der Waals surface area contributed by atoms with Gasteiger partial charge >= 0.3 is 0 Å². The van der Waals surface area contributed by atoms with Gasteiger partial charge < -0.3 is 9.88 Å². The van der Waals surface area contributed by atoms with Crippen molar-refractivity contribution < 1.29 is 13.2 Å². The van der Waals surface area contributed by atoms with Crippen LogP contribution in [0.15, 0.2) is 12.3 Å². The standard InChI is InChI=1S/C15H17F3N2/c1-20(10-3-2-4-10)6-5-9-8-19-15-11(9)7-12(16)13(17)14(15)18/h7-8,10,19H,2-6H2,1H3. The highest BCUT2D eigenvalue weighted by Crippen LogP contribution is 2.27. The molecular weight excluding hydrogens is 265 g/mol. The van der Waals surface area contributed by atoms with Crippen LogP contribution in [-0.2, 0) is 6.42 Å². The smallest absolute Gasteiger partial charge is 0.196 e. The summed E-state index contributed by atoms with van der Waals surface area (Å²) >= 11 is 0. The number of nitrogens with one attached hydrogen (secondary N) is 1. The summed E-state index contributed by atoms with van der Waals surface area (Å²) in [5, 5.41) is 0.434. The molecule has 0 bridgehead atoms. The minimum atomic E-state index is -1.42. The van der Waals surface area contributed by atoms with Gasteiger partial charge in [-0.05, 0) is 37.9 Å². The molecule has 1 fully saturated rings. The fraction of sp³-hybridized carbons (Fsp3) is 0.467. The SMILES string of the molecule is CN(CCc1c[nH]c2c(F)c(F)c(F)cc12)C1CCC1. The predicted molar refractivity (Wildman–Crippen MR) is 72.1 cm³/mol. The second-order valence-electron chi connectivity index (χ2n) is 5.54. The van der Waals surface area contributed by atoms with E-state index in [0.29, 0.717) is 17.8 Å². The number of halogens is 3. The number of rotatable bonds is 4. The maximum atomic E-state index is 13.6. The van der Waals surface area contributed by atoms with E-state index in [1.807, 2.05) is 0 Å². The molecule has 1 aliphatic rings. The van der Waals surface area contributed by atoms with Crippen LogP contribution in [0.4, 0.5) is 13.2 Å². The molecule has 1 N–H and O–H groups in total. The predicted octanol–water partition coefficient (Wildman–Crippen LogP) is 3.61. The van der Waals surface area contributed by atoms with Crippen molar-refractivity contribution in [2.45, 2.75) is 31.7 Å². The number of benzene rings is 1. The van der Waals surface area contributed by atoms with Gasteiger partial charge in [0.15, 0.2) is 17.5 Å². The summed E-state index contributed by atoms with van der Waals surface area (Å²) in [6.07, 6.45) is 6.05. The van der Waals surface area contributed by atoms with Gasteiger partial charge in [0.25, 0.3) is 0 Å². The zero-order valence-electron chi connectivity index (χ0n) is 11.3. The second kappa shape index (κ2) is 5.13. The summed E-state index contributed by atoms with van der Waals surface area (Å²) in [7, 11) is 2.07. The highest BCUT2D eigenvalue weighted by molar-refractivity contribution is 5.84. The maximum Gasteiger partial charge on any atom is 0.196 e. The van der Waals surface area contributed by atoms with Gasteiger partial charge in [-0.2, -0.15) is 0 Å². The van der Waals surface area contributed by atoms with Crippen LogP contribution >= 0.6 is 0 Å². The van der Waals surface area contributed by atoms with Gasteiger partial charge in [0, 0.05) is 24.2 Å². The fourth-order valence-electron chi connectivity index (χ4n) is 2.74. The molecule has 20 heavy (non-hydrogen) atoms. The Hall–Kier alpha value is -1.49. The molecule has 108 valence electrons. The Kier molecular flexibility index (Phi) is 3.46. The Morgan fingerprint density at radius 3 is 2.65 bits per heavy atom. The minimum Gasteiger partial charge on any atom is -0.358 e. The average Bonchev–Trinajstić information content (AvgIpc) is 2.74. The molecule has 2 aromatic rings. The van der Waals surface area contributed by atoms with Crippen molar-refractivity contribution in [1.82, 2.24) is 9.88 Å². The van der Waals surface area contributed by atoms with Gasteiger partial charge in [0.2, 0.25) is 0 Å². The van der Waals surface area contributed by atoms with Crippen molar-refractivity contribution in [3.8, 4) is 0 Å². The summed E-state index contributed by atoms with van der Waals surface area (Å²) in [6.45, 7) is 0.832. The first kappa shape index (κ1) is 13.5. The van der Waals surface area contributed by atoms with Gasteiger partial charge in [-0.1, -0.05) is 6.42 Å². The van der Waals surface area contributed by atoms with Crippen molar-refractivity contribution in [1.29, 1.82) is 0 Å². The van der Waals surface area contributed by atoms with Gasteiger partial charge in [-0.25, -0.2) is 13.2 Å². The van der Waals surface area contributed by atoms with Crippen LogP contribution < -0.4 is 0 Å². The van der Waals surface area contributed by atoms with Crippen LogP contribution in [-0.4, -0.2) is 29.5 Å². The van der Waals surface area contributed by atoms with Gasteiger partial charge in [-0.15, -0.1) is 0 Å². The Morgan fingerprint density at radius 1 is 1.25 bits per heavy atom. The highest BCUT2D eigenvalue weighted by atomic mass is 19.2. The second-order valence-corrected chi connectivity index (χ2v) is 5.54. The van der Waals surface area contributed by atoms with Crippen molar-refractivity contribution in [3.05, 3.63) is 35.3 Å². The molecule has 0 saturated heterocycles. The number of hydrogen-bond donors (Lipinski definition) is 1. The molecule has 5 heteroatoms. The van der Waals surface area contributed by atoms with Gasteiger partial charge in [0.1, 0.15) is 0 Å². The van der Waals surface area contributed by atoms with E-state index in [1.54, 1.807) is 6.20 Å². The van der Waals surface area contributed by atoms with Crippen LogP contribution in [0.2, 0.25) is 0 Å². The lowest BCUT2D eigenvalue weighted by atomic mass is 9.91. The minimum absolute atomic E-state index is 0.0465. The number of aromatic amines is 1. The summed E-state index contributed by atoms with van der Waals surface area (Å²) in [6, 6.07) is 1.70. The van der Waals surface area contributed by atoms with Crippen LogP contribution in [0.25, 0.3) is 10.9 Å². The van der Waals surface area contributed by atoms with E-state index in [0.717, 1.165) is 18.2 Å². The number of aromatic nitrogens is 1. The van der Waals surface area contributed by atoms with E-state index < -0.39 is 17.5 Å². The molecule has 0 radical (unpaired) electrons. The first-order valence-electron chi connectivity index (χ1n) is 6.91. The topological polar surface area (TPSA) is 19.0 Å².